The van der Waals surface area contributed by atoms with Gasteiger partial charge in [0, 0.05) is 32.5 Å². The number of thioether (sulfide) groups is 1. The summed E-state index contributed by atoms with van der Waals surface area (Å²) >= 11 is 7.33. The average Bonchev–Trinajstić information content (AvgIpc) is 3.18. The Morgan fingerprint density at radius 3 is 2.70 bits per heavy atom. The predicted octanol–water partition coefficient (Wildman–Crippen LogP) is 5.37. The van der Waals surface area contributed by atoms with Gasteiger partial charge in [-0.05, 0) is 24.3 Å². The molecule has 2 aliphatic rings. The zero-order chi connectivity index (χ0) is 23.3. The largest absolute Gasteiger partial charge is 0.573 e. The van der Waals surface area contributed by atoms with Crippen LogP contribution in [-0.2, 0) is 4.79 Å². The molecule has 3 aromatic rings. The standard InChI is InChI=1S/C22H13ClF3N3O3S/c23-15-6-5-12(32-22(24,25)26)7-14(15)18-8-16-19(33-18)20(30)29(21(31)28-16)17-10-27-9-11-3-1-2-4-13(11)17/h1-10,16,19H,(H,28,31). The first kappa shape index (κ1) is 21.6. The van der Waals surface area contributed by atoms with Crippen LogP contribution in [0.5, 0.6) is 5.75 Å². The number of alkyl halides is 3. The summed E-state index contributed by atoms with van der Waals surface area (Å²) in [6.45, 7) is 0. The Kier molecular flexibility index (Phi) is 5.21. The second-order valence-corrected chi connectivity index (χ2v) is 8.88. The van der Waals surface area contributed by atoms with Crippen molar-refractivity contribution < 1.29 is 27.5 Å². The maximum Gasteiger partial charge on any atom is 0.573 e. The summed E-state index contributed by atoms with van der Waals surface area (Å²) in [6, 6.07) is 9.52. The van der Waals surface area contributed by atoms with Crippen molar-refractivity contribution in [2.75, 3.05) is 4.90 Å². The number of nitrogens with zero attached hydrogens (tertiary/aromatic N) is 2. The molecule has 0 radical (unpaired) electrons. The molecule has 3 heterocycles. The van der Waals surface area contributed by atoms with Crippen molar-refractivity contribution in [3.8, 4) is 5.75 Å². The average molecular weight is 492 g/mol. The fraction of sp³-hybridized carbons (Fsp3) is 0.136. The number of carbonyl (C=O) groups excluding carboxylic acids is 2. The molecule has 5 rings (SSSR count). The van der Waals surface area contributed by atoms with E-state index in [1.165, 1.54) is 12.3 Å². The summed E-state index contributed by atoms with van der Waals surface area (Å²) in [5.74, 6) is -0.894. The van der Waals surface area contributed by atoms with Gasteiger partial charge in [0.2, 0.25) is 0 Å². The fourth-order valence-corrected chi connectivity index (χ4v) is 5.38. The minimum atomic E-state index is -4.85. The van der Waals surface area contributed by atoms with E-state index in [2.05, 4.69) is 15.0 Å². The van der Waals surface area contributed by atoms with E-state index in [0.29, 0.717) is 16.0 Å². The van der Waals surface area contributed by atoms with Gasteiger partial charge in [0.1, 0.15) is 11.0 Å². The summed E-state index contributed by atoms with van der Waals surface area (Å²) in [4.78, 5) is 31.9. The van der Waals surface area contributed by atoms with E-state index in [0.717, 1.165) is 34.2 Å². The second kappa shape index (κ2) is 7.96. The Labute approximate surface area is 194 Å². The van der Waals surface area contributed by atoms with Crippen molar-refractivity contribution in [1.29, 1.82) is 0 Å². The molecule has 2 atom stereocenters. The van der Waals surface area contributed by atoms with E-state index in [1.54, 1.807) is 24.4 Å². The predicted molar refractivity (Wildman–Crippen MR) is 119 cm³/mol. The summed E-state index contributed by atoms with van der Waals surface area (Å²) in [5, 5.41) is 3.70. The zero-order valence-electron chi connectivity index (χ0n) is 16.5. The Morgan fingerprint density at radius 1 is 1.12 bits per heavy atom. The molecule has 2 aliphatic heterocycles. The molecule has 6 nitrogen and oxygen atoms in total. The number of hydrogen-bond acceptors (Lipinski definition) is 5. The van der Waals surface area contributed by atoms with Crippen LogP contribution in [-0.4, -0.2) is 34.6 Å². The number of rotatable bonds is 3. The number of benzene rings is 2. The van der Waals surface area contributed by atoms with Crippen molar-refractivity contribution in [3.63, 3.8) is 0 Å². The summed E-state index contributed by atoms with van der Waals surface area (Å²) in [6.07, 6.45) is -0.158. The maximum atomic E-state index is 13.4. The van der Waals surface area contributed by atoms with Crippen LogP contribution < -0.4 is 15.0 Å². The zero-order valence-corrected chi connectivity index (χ0v) is 18.0. The van der Waals surface area contributed by atoms with Gasteiger partial charge in [0.25, 0.3) is 5.91 Å². The molecule has 2 unspecified atom stereocenters. The molecule has 1 saturated heterocycles. The molecule has 1 aromatic heterocycles. The number of aromatic nitrogens is 1. The molecular weight excluding hydrogens is 479 g/mol. The van der Waals surface area contributed by atoms with Crippen LogP contribution in [0.4, 0.5) is 23.7 Å². The first-order valence-corrected chi connectivity index (χ1v) is 10.9. The Balaban J connectivity index is 1.46. The van der Waals surface area contributed by atoms with Gasteiger partial charge in [0.15, 0.2) is 0 Å². The number of halogens is 4. The van der Waals surface area contributed by atoms with Crippen LogP contribution in [0.25, 0.3) is 15.7 Å². The van der Waals surface area contributed by atoms with E-state index in [4.69, 9.17) is 11.6 Å². The third-order valence-electron chi connectivity index (χ3n) is 5.19. The van der Waals surface area contributed by atoms with Gasteiger partial charge in [-0.2, -0.15) is 0 Å². The topological polar surface area (TPSA) is 71.5 Å². The normalized spacial score (nSPS) is 20.5. The number of fused-ring (bicyclic) bond motifs is 2. The number of anilines is 1. The van der Waals surface area contributed by atoms with Crippen LogP contribution in [0, 0.1) is 0 Å². The lowest BCUT2D eigenvalue weighted by molar-refractivity contribution is -0.274. The van der Waals surface area contributed by atoms with Crippen LogP contribution in [0.3, 0.4) is 0 Å². The highest BCUT2D eigenvalue weighted by Crippen LogP contribution is 2.45. The van der Waals surface area contributed by atoms with Gasteiger partial charge in [0.05, 0.1) is 17.9 Å². The number of pyridine rings is 1. The molecule has 0 saturated carbocycles. The highest BCUT2D eigenvalue weighted by atomic mass is 35.5. The Bertz CT molecular complexity index is 1330. The van der Waals surface area contributed by atoms with Crippen molar-refractivity contribution in [1.82, 2.24) is 10.3 Å². The van der Waals surface area contributed by atoms with Gasteiger partial charge in [-0.15, -0.1) is 24.9 Å². The number of ether oxygens (including phenoxy) is 1. The van der Waals surface area contributed by atoms with Crippen LogP contribution in [0.15, 0.2) is 60.9 Å². The fourth-order valence-electron chi connectivity index (χ4n) is 3.81. The number of nitrogens with one attached hydrogen (secondary N) is 1. The van der Waals surface area contributed by atoms with Gasteiger partial charge < -0.3 is 10.1 Å². The monoisotopic (exact) mass is 491 g/mol. The first-order valence-electron chi connectivity index (χ1n) is 9.62. The number of imide groups is 1. The highest BCUT2D eigenvalue weighted by molar-refractivity contribution is 8.09. The lowest BCUT2D eigenvalue weighted by atomic mass is 10.1. The highest BCUT2D eigenvalue weighted by Gasteiger charge is 2.46. The summed E-state index contributed by atoms with van der Waals surface area (Å²) in [7, 11) is 0. The van der Waals surface area contributed by atoms with Gasteiger partial charge in [-0.3, -0.25) is 9.78 Å². The summed E-state index contributed by atoms with van der Waals surface area (Å²) in [5.41, 5.74) is 0.625. The first-order chi connectivity index (χ1) is 15.7. The van der Waals surface area contributed by atoms with Crippen LogP contribution >= 0.6 is 23.4 Å². The quantitative estimate of drug-likeness (QED) is 0.533. The number of amides is 3. The third-order valence-corrected chi connectivity index (χ3v) is 6.88. The SMILES string of the molecule is O=C1NC2C=C(c3cc(OC(F)(F)F)ccc3Cl)SC2C(=O)N1c1cncc2ccccc12. The molecule has 2 aromatic carbocycles. The molecule has 0 spiro atoms. The van der Waals surface area contributed by atoms with Gasteiger partial charge in [-0.25, -0.2) is 9.69 Å². The van der Waals surface area contributed by atoms with Crippen molar-refractivity contribution in [2.24, 2.45) is 0 Å². The smallest absolute Gasteiger partial charge is 0.406 e. The van der Waals surface area contributed by atoms with E-state index in [1.807, 2.05) is 12.1 Å². The van der Waals surface area contributed by atoms with Crippen molar-refractivity contribution in [2.45, 2.75) is 17.7 Å². The minimum absolute atomic E-state index is 0.191. The molecule has 33 heavy (non-hydrogen) atoms. The number of carbonyl (C=O) groups is 2. The lowest BCUT2D eigenvalue weighted by Crippen LogP contribution is -2.60. The molecule has 0 bridgehead atoms. The van der Waals surface area contributed by atoms with E-state index >= 15 is 0 Å². The van der Waals surface area contributed by atoms with E-state index < -0.39 is 35.3 Å². The molecule has 1 fully saturated rings. The molecule has 11 heteroatoms. The molecule has 1 N–H and O–H groups in total. The lowest BCUT2D eigenvalue weighted by Gasteiger charge is -2.33. The summed E-state index contributed by atoms with van der Waals surface area (Å²) < 4.78 is 41.9. The molecular formula is C22H13ClF3N3O3S. The second-order valence-electron chi connectivity index (χ2n) is 7.29. The minimum Gasteiger partial charge on any atom is -0.406 e. The van der Waals surface area contributed by atoms with Crippen molar-refractivity contribution in [3.05, 3.63) is 71.5 Å². The molecule has 3 amide bonds. The Hall–Kier alpha value is -3.24. The van der Waals surface area contributed by atoms with Crippen molar-refractivity contribution >= 4 is 56.7 Å². The van der Waals surface area contributed by atoms with Gasteiger partial charge in [-0.1, -0.05) is 35.9 Å². The Morgan fingerprint density at radius 2 is 1.91 bits per heavy atom. The number of urea groups is 1. The number of hydrogen-bond donors (Lipinski definition) is 1. The molecule has 168 valence electrons. The van der Waals surface area contributed by atoms with E-state index in [-0.39, 0.29) is 10.6 Å². The van der Waals surface area contributed by atoms with E-state index in [9.17, 15) is 22.8 Å². The van der Waals surface area contributed by atoms with Gasteiger partial charge >= 0.3 is 12.4 Å². The van der Waals surface area contributed by atoms with Crippen LogP contribution in [0.2, 0.25) is 5.02 Å². The maximum absolute atomic E-state index is 13.4. The third kappa shape index (κ3) is 4.00. The van der Waals surface area contributed by atoms with Crippen LogP contribution in [0.1, 0.15) is 5.56 Å². The molecule has 0 aliphatic carbocycles.